The van der Waals surface area contributed by atoms with Crippen LogP contribution in [0.3, 0.4) is 0 Å². The Kier molecular flexibility index (Phi) is 4.26. The third-order valence-corrected chi connectivity index (χ3v) is 5.46. The fourth-order valence-electron chi connectivity index (χ4n) is 3.99. The average Bonchev–Trinajstić information content (AvgIpc) is 3.41. The maximum Gasteiger partial charge on any atom is 0.131 e. The third-order valence-electron chi connectivity index (χ3n) is 5.46. The molecule has 3 aliphatic rings. The summed E-state index contributed by atoms with van der Waals surface area (Å²) in [7, 11) is 1.56. The highest BCUT2D eigenvalue weighted by atomic mass is 19.1. The van der Waals surface area contributed by atoms with Crippen LogP contribution in [0.1, 0.15) is 18.4 Å². The topological polar surface area (TPSA) is 24.9 Å². The molecule has 0 unspecified atom stereocenters. The third kappa shape index (κ3) is 3.23. The number of benzene rings is 1. The highest BCUT2D eigenvalue weighted by Gasteiger charge is 2.42. The number of halogens is 1. The number of piperazine rings is 1. The highest BCUT2D eigenvalue weighted by Crippen LogP contribution is 2.38. The summed E-state index contributed by atoms with van der Waals surface area (Å²) in [5, 5.41) is 0. The molecule has 23 heavy (non-hydrogen) atoms. The molecule has 1 aromatic rings. The molecule has 0 N–H and O–H groups in total. The molecule has 0 bridgehead atoms. The van der Waals surface area contributed by atoms with Crippen molar-refractivity contribution in [1.82, 2.24) is 9.80 Å². The van der Waals surface area contributed by atoms with Gasteiger partial charge in [-0.2, -0.15) is 0 Å². The van der Waals surface area contributed by atoms with Gasteiger partial charge in [0.2, 0.25) is 0 Å². The van der Waals surface area contributed by atoms with E-state index in [1.807, 2.05) is 12.1 Å². The van der Waals surface area contributed by atoms with Crippen LogP contribution < -0.4 is 4.74 Å². The Labute approximate surface area is 137 Å². The van der Waals surface area contributed by atoms with E-state index in [0.717, 1.165) is 44.3 Å². The van der Waals surface area contributed by atoms with Crippen molar-refractivity contribution in [3.8, 4) is 5.75 Å². The molecule has 0 aromatic heterocycles. The lowest BCUT2D eigenvalue weighted by Crippen LogP contribution is -2.62. The van der Waals surface area contributed by atoms with Crippen molar-refractivity contribution < 1.29 is 13.9 Å². The second kappa shape index (κ2) is 6.38. The van der Waals surface area contributed by atoms with Gasteiger partial charge in [0, 0.05) is 49.9 Å². The molecule has 1 aliphatic carbocycles. The Hall–Kier alpha value is -1.17. The highest BCUT2D eigenvalue weighted by molar-refractivity contribution is 5.28. The minimum Gasteiger partial charge on any atom is -0.497 e. The summed E-state index contributed by atoms with van der Waals surface area (Å²) in [5.74, 6) is 1.25. The lowest BCUT2D eigenvalue weighted by atomic mass is 10.0. The molecule has 4 nitrogen and oxygen atoms in total. The Balaban J connectivity index is 1.40. The number of methoxy groups -OCH3 is 1. The van der Waals surface area contributed by atoms with Crippen LogP contribution in [0.25, 0.3) is 0 Å². The standard InChI is InChI=1S/C18H25FN2O2/c1-22-16-5-4-14(17(19)8-16)9-20-6-7-21-15(10-20)11-23-12-18(21)13-2-3-13/h4-5,8,13,15,18H,2-3,6-7,9-12H2,1H3/t15-,18-/m1/s1. The first-order valence-electron chi connectivity index (χ1n) is 8.63. The largest absolute Gasteiger partial charge is 0.497 e. The van der Waals surface area contributed by atoms with E-state index < -0.39 is 0 Å². The maximum absolute atomic E-state index is 14.2. The normalized spacial score (nSPS) is 29.3. The van der Waals surface area contributed by atoms with Crippen molar-refractivity contribution in [2.45, 2.75) is 31.5 Å². The Bertz CT molecular complexity index is 564. The minimum absolute atomic E-state index is 0.178. The molecule has 3 fully saturated rings. The van der Waals surface area contributed by atoms with E-state index in [0.29, 0.717) is 24.4 Å². The summed E-state index contributed by atoms with van der Waals surface area (Å²) in [6.45, 7) is 5.42. The molecule has 126 valence electrons. The van der Waals surface area contributed by atoms with Gasteiger partial charge in [-0.1, -0.05) is 6.07 Å². The van der Waals surface area contributed by atoms with Gasteiger partial charge in [-0.05, 0) is 24.8 Å². The van der Waals surface area contributed by atoms with Crippen LogP contribution in [0.5, 0.6) is 5.75 Å². The summed E-state index contributed by atoms with van der Waals surface area (Å²) in [5.41, 5.74) is 0.745. The van der Waals surface area contributed by atoms with Crippen molar-refractivity contribution in [3.05, 3.63) is 29.6 Å². The van der Waals surface area contributed by atoms with E-state index in [-0.39, 0.29) is 5.82 Å². The number of nitrogens with zero attached hydrogens (tertiary/aromatic N) is 2. The van der Waals surface area contributed by atoms with Gasteiger partial charge in [0.15, 0.2) is 0 Å². The molecule has 0 radical (unpaired) electrons. The second-order valence-electron chi connectivity index (χ2n) is 7.03. The van der Waals surface area contributed by atoms with E-state index in [1.54, 1.807) is 7.11 Å². The number of hydrogen-bond acceptors (Lipinski definition) is 4. The zero-order valence-corrected chi connectivity index (χ0v) is 13.7. The van der Waals surface area contributed by atoms with Gasteiger partial charge in [-0.15, -0.1) is 0 Å². The molecule has 1 aromatic carbocycles. The molecule has 5 heteroatoms. The smallest absolute Gasteiger partial charge is 0.131 e. The van der Waals surface area contributed by atoms with Crippen LogP contribution in [0, 0.1) is 11.7 Å². The molecule has 1 saturated carbocycles. The van der Waals surface area contributed by atoms with E-state index in [9.17, 15) is 4.39 Å². The summed E-state index contributed by atoms with van der Waals surface area (Å²) < 4.78 is 25.1. The molecule has 2 saturated heterocycles. The quantitative estimate of drug-likeness (QED) is 0.848. The molecule has 2 atom stereocenters. The number of fused-ring (bicyclic) bond motifs is 1. The number of rotatable bonds is 4. The van der Waals surface area contributed by atoms with E-state index in [1.165, 1.54) is 18.9 Å². The fourth-order valence-corrected chi connectivity index (χ4v) is 3.99. The first-order chi connectivity index (χ1) is 11.2. The van der Waals surface area contributed by atoms with Gasteiger partial charge in [-0.3, -0.25) is 9.80 Å². The second-order valence-corrected chi connectivity index (χ2v) is 7.03. The van der Waals surface area contributed by atoms with Crippen LogP contribution in [-0.4, -0.2) is 61.8 Å². The average molecular weight is 320 g/mol. The number of morpholine rings is 1. The van der Waals surface area contributed by atoms with Crippen LogP contribution in [0.4, 0.5) is 4.39 Å². The summed E-state index contributed by atoms with van der Waals surface area (Å²) in [4.78, 5) is 5.01. The predicted octanol–water partition coefficient (Wildman–Crippen LogP) is 2.13. The lowest BCUT2D eigenvalue weighted by molar-refractivity contribution is -0.0881. The van der Waals surface area contributed by atoms with Crippen molar-refractivity contribution >= 4 is 0 Å². The van der Waals surface area contributed by atoms with Gasteiger partial charge in [0.1, 0.15) is 11.6 Å². The predicted molar refractivity (Wildman–Crippen MR) is 86.1 cm³/mol. The lowest BCUT2D eigenvalue weighted by Gasteiger charge is -2.48. The maximum atomic E-state index is 14.2. The van der Waals surface area contributed by atoms with E-state index >= 15 is 0 Å². The minimum atomic E-state index is -0.178. The van der Waals surface area contributed by atoms with E-state index in [4.69, 9.17) is 9.47 Å². The fraction of sp³-hybridized carbons (Fsp3) is 0.667. The van der Waals surface area contributed by atoms with E-state index in [2.05, 4.69) is 9.80 Å². The Morgan fingerprint density at radius 3 is 2.87 bits per heavy atom. The zero-order chi connectivity index (χ0) is 15.8. The van der Waals surface area contributed by atoms with Gasteiger partial charge >= 0.3 is 0 Å². The Morgan fingerprint density at radius 1 is 1.26 bits per heavy atom. The molecule has 4 rings (SSSR count). The van der Waals surface area contributed by atoms with Crippen LogP contribution >= 0.6 is 0 Å². The monoisotopic (exact) mass is 320 g/mol. The molecule has 2 heterocycles. The summed E-state index contributed by atoms with van der Waals surface area (Å²) in [6.07, 6.45) is 2.72. The van der Waals surface area contributed by atoms with Gasteiger partial charge in [0.25, 0.3) is 0 Å². The molecular formula is C18H25FN2O2. The summed E-state index contributed by atoms with van der Waals surface area (Å²) in [6, 6.07) is 6.23. The van der Waals surface area contributed by atoms with Crippen molar-refractivity contribution in [3.63, 3.8) is 0 Å². The first kappa shape index (κ1) is 15.4. The molecule has 2 aliphatic heterocycles. The molecule has 0 spiro atoms. The van der Waals surface area contributed by atoms with Crippen LogP contribution in [-0.2, 0) is 11.3 Å². The van der Waals surface area contributed by atoms with Crippen molar-refractivity contribution in [2.75, 3.05) is 40.0 Å². The molecule has 0 amide bonds. The van der Waals surface area contributed by atoms with Gasteiger partial charge in [0.05, 0.1) is 20.3 Å². The summed E-state index contributed by atoms with van der Waals surface area (Å²) >= 11 is 0. The van der Waals surface area contributed by atoms with Crippen molar-refractivity contribution in [2.24, 2.45) is 5.92 Å². The number of hydrogen-bond donors (Lipinski definition) is 0. The van der Waals surface area contributed by atoms with Crippen LogP contribution in [0.15, 0.2) is 18.2 Å². The Morgan fingerprint density at radius 2 is 2.13 bits per heavy atom. The van der Waals surface area contributed by atoms with Crippen LogP contribution in [0.2, 0.25) is 0 Å². The SMILES string of the molecule is COc1ccc(CN2CCN3[C@@H](COC[C@@H]3C3CC3)C2)c(F)c1. The van der Waals surface area contributed by atoms with Crippen molar-refractivity contribution in [1.29, 1.82) is 0 Å². The van der Waals surface area contributed by atoms with Gasteiger partial charge < -0.3 is 9.47 Å². The number of ether oxygens (including phenoxy) is 2. The van der Waals surface area contributed by atoms with Gasteiger partial charge in [-0.25, -0.2) is 4.39 Å². The first-order valence-corrected chi connectivity index (χ1v) is 8.63. The zero-order valence-electron chi connectivity index (χ0n) is 13.7. The molecular weight excluding hydrogens is 295 g/mol.